The molecule has 1 heterocycles. The van der Waals surface area contributed by atoms with Crippen molar-refractivity contribution in [2.75, 3.05) is 24.2 Å². The molecule has 8 nitrogen and oxygen atoms in total. The second-order valence-corrected chi connectivity index (χ2v) is 2.14. The van der Waals surface area contributed by atoms with Crippen molar-refractivity contribution in [2.45, 2.75) is 0 Å². The Morgan fingerprint density at radius 1 is 1.69 bits per heavy atom. The summed E-state index contributed by atoms with van der Waals surface area (Å²) in [5, 5.41) is 8.88. The lowest BCUT2D eigenvalue weighted by molar-refractivity contribution is 0.161. The third kappa shape index (κ3) is 3.27. The fourth-order valence-electron chi connectivity index (χ4n) is 0.668. The van der Waals surface area contributed by atoms with E-state index in [1.165, 1.54) is 0 Å². The van der Waals surface area contributed by atoms with Gasteiger partial charge >= 0.3 is 6.09 Å². The average molecular weight is 186 g/mol. The first kappa shape index (κ1) is 9.10. The lowest BCUT2D eigenvalue weighted by Gasteiger charge is -2.00. The second kappa shape index (κ2) is 4.14. The zero-order valence-corrected chi connectivity index (χ0v) is 6.78. The van der Waals surface area contributed by atoms with Crippen LogP contribution in [0, 0.1) is 0 Å². The zero-order chi connectivity index (χ0) is 9.68. The summed E-state index contributed by atoms with van der Waals surface area (Å²) in [6.45, 7) is 0.532. The monoisotopic (exact) mass is 186 g/mol. The highest BCUT2D eigenvalue weighted by Crippen LogP contribution is 1.97. The number of carbonyl (C=O) groups excluding carboxylic acids is 1. The molecule has 1 aromatic heterocycles. The van der Waals surface area contributed by atoms with Gasteiger partial charge in [-0.05, 0) is 0 Å². The van der Waals surface area contributed by atoms with Crippen molar-refractivity contribution in [1.82, 2.24) is 15.2 Å². The summed E-state index contributed by atoms with van der Waals surface area (Å²) >= 11 is 0. The van der Waals surface area contributed by atoms with Gasteiger partial charge in [0.25, 0.3) is 0 Å². The quantitative estimate of drug-likeness (QED) is 0.441. The standard InChI is InChI=1S/C5H10N6O2/c6-3-9-5(11-10-3)8-1-2-13-4(7)12/h1-2H2,(H2,7,12)(H4,6,8,9,10,11). The number of nitrogens with one attached hydrogen (secondary N) is 2. The molecule has 13 heavy (non-hydrogen) atoms. The molecule has 0 aliphatic rings. The number of nitrogens with two attached hydrogens (primary N) is 2. The molecule has 0 aliphatic heterocycles. The number of hydrogen-bond acceptors (Lipinski definition) is 6. The molecule has 0 aromatic carbocycles. The van der Waals surface area contributed by atoms with Gasteiger partial charge in [-0.25, -0.2) is 9.89 Å². The molecule has 0 radical (unpaired) electrons. The smallest absolute Gasteiger partial charge is 0.404 e. The van der Waals surface area contributed by atoms with Crippen LogP contribution in [-0.4, -0.2) is 34.4 Å². The van der Waals surface area contributed by atoms with Gasteiger partial charge in [0, 0.05) is 0 Å². The molecule has 0 bridgehead atoms. The zero-order valence-electron chi connectivity index (χ0n) is 6.78. The summed E-state index contributed by atoms with van der Waals surface area (Å²) in [5.41, 5.74) is 9.99. The van der Waals surface area contributed by atoms with Crippen LogP contribution in [0.4, 0.5) is 16.7 Å². The first-order valence-electron chi connectivity index (χ1n) is 3.52. The minimum atomic E-state index is -0.809. The summed E-state index contributed by atoms with van der Waals surface area (Å²) in [6, 6.07) is 0. The van der Waals surface area contributed by atoms with Crippen molar-refractivity contribution in [3.8, 4) is 0 Å². The van der Waals surface area contributed by atoms with Crippen LogP contribution >= 0.6 is 0 Å². The number of rotatable bonds is 4. The van der Waals surface area contributed by atoms with Gasteiger partial charge in [-0.1, -0.05) is 0 Å². The Morgan fingerprint density at radius 2 is 2.46 bits per heavy atom. The van der Waals surface area contributed by atoms with Crippen LogP contribution in [-0.2, 0) is 4.74 Å². The number of carbonyl (C=O) groups is 1. The van der Waals surface area contributed by atoms with Crippen molar-refractivity contribution < 1.29 is 9.53 Å². The van der Waals surface area contributed by atoms with E-state index in [1.807, 2.05) is 0 Å². The van der Waals surface area contributed by atoms with Crippen LogP contribution in [0.1, 0.15) is 0 Å². The predicted octanol–water partition coefficient (Wildman–Crippen LogP) is -1.11. The van der Waals surface area contributed by atoms with E-state index in [9.17, 15) is 4.79 Å². The maximum absolute atomic E-state index is 10.1. The predicted molar refractivity (Wildman–Crippen MR) is 44.8 cm³/mol. The fraction of sp³-hybridized carbons (Fsp3) is 0.400. The van der Waals surface area contributed by atoms with Crippen molar-refractivity contribution in [2.24, 2.45) is 5.73 Å². The van der Waals surface area contributed by atoms with E-state index in [0.717, 1.165) is 0 Å². The summed E-state index contributed by atoms with van der Waals surface area (Å²) in [7, 11) is 0. The number of hydrogen-bond donors (Lipinski definition) is 4. The molecule has 72 valence electrons. The molecular weight excluding hydrogens is 176 g/mol. The van der Waals surface area contributed by atoms with Gasteiger partial charge < -0.3 is 21.5 Å². The average Bonchev–Trinajstić information content (AvgIpc) is 2.45. The van der Waals surface area contributed by atoms with E-state index in [-0.39, 0.29) is 12.6 Å². The van der Waals surface area contributed by atoms with E-state index in [1.54, 1.807) is 0 Å². The number of amides is 1. The molecule has 6 N–H and O–H groups in total. The number of nitrogens with zero attached hydrogens (tertiary/aromatic N) is 2. The van der Waals surface area contributed by atoms with E-state index < -0.39 is 6.09 Å². The Labute approximate surface area is 73.6 Å². The Bertz CT molecular complexity index is 284. The third-order valence-electron chi connectivity index (χ3n) is 1.13. The van der Waals surface area contributed by atoms with Gasteiger partial charge in [-0.15, -0.1) is 5.10 Å². The van der Waals surface area contributed by atoms with Crippen LogP contribution in [0.2, 0.25) is 0 Å². The van der Waals surface area contributed by atoms with Crippen LogP contribution < -0.4 is 16.8 Å². The summed E-state index contributed by atoms with van der Waals surface area (Å²) in [4.78, 5) is 13.9. The normalized spacial score (nSPS) is 9.54. The topological polar surface area (TPSA) is 132 Å². The van der Waals surface area contributed by atoms with E-state index in [2.05, 4.69) is 25.2 Å². The van der Waals surface area contributed by atoms with Crippen LogP contribution in [0.3, 0.4) is 0 Å². The van der Waals surface area contributed by atoms with Gasteiger partial charge in [0.05, 0.1) is 6.54 Å². The highest BCUT2D eigenvalue weighted by Gasteiger charge is 1.98. The molecule has 0 fully saturated rings. The Kier molecular flexibility index (Phi) is 2.90. The minimum Gasteiger partial charge on any atom is -0.448 e. The van der Waals surface area contributed by atoms with Gasteiger partial charge in [-0.2, -0.15) is 4.98 Å². The fourth-order valence-corrected chi connectivity index (χ4v) is 0.668. The molecule has 1 amide bonds. The number of aromatic nitrogens is 3. The summed E-state index contributed by atoms with van der Waals surface area (Å²) in [5.74, 6) is 0.573. The van der Waals surface area contributed by atoms with E-state index >= 15 is 0 Å². The first-order chi connectivity index (χ1) is 6.18. The highest BCUT2D eigenvalue weighted by atomic mass is 16.5. The van der Waals surface area contributed by atoms with Crippen molar-refractivity contribution >= 4 is 18.0 Å². The van der Waals surface area contributed by atoms with Crippen LogP contribution in [0.25, 0.3) is 0 Å². The maximum atomic E-state index is 10.1. The summed E-state index contributed by atoms with van der Waals surface area (Å²) < 4.78 is 4.45. The first-order valence-corrected chi connectivity index (χ1v) is 3.52. The number of aromatic amines is 1. The molecular formula is C5H10N6O2. The molecule has 0 unspecified atom stereocenters. The molecule has 8 heteroatoms. The lowest BCUT2D eigenvalue weighted by atomic mass is 10.7. The molecule has 0 atom stereocenters. The maximum Gasteiger partial charge on any atom is 0.404 e. The van der Waals surface area contributed by atoms with Crippen LogP contribution in [0.5, 0.6) is 0 Å². The molecule has 0 saturated heterocycles. The Hall–Kier alpha value is -1.99. The number of anilines is 2. The Morgan fingerprint density at radius 3 is 3.00 bits per heavy atom. The lowest BCUT2D eigenvalue weighted by Crippen LogP contribution is -2.18. The molecule has 1 aromatic rings. The van der Waals surface area contributed by atoms with E-state index in [0.29, 0.717) is 12.5 Å². The van der Waals surface area contributed by atoms with E-state index in [4.69, 9.17) is 11.5 Å². The van der Waals surface area contributed by atoms with Crippen molar-refractivity contribution in [1.29, 1.82) is 0 Å². The SMILES string of the molecule is NC(=O)OCCNc1n[nH]c(N)n1. The third-order valence-corrected chi connectivity index (χ3v) is 1.13. The minimum absolute atomic E-state index is 0.157. The number of H-pyrrole nitrogens is 1. The molecule has 0 aliphatic carbocycles. The van der Waals surface area contributed by atoms with Gasteiger partial charge in [-0.3, -0.25) is 0 Å². The van der Waals surface area contributed by atoms with Gasteiger partial charge in [0.1, 0.15) is 6.61 Å². The molecule has 1 rings (SSSR count). The van der Waals surface area contributed by atoms with Gasteiger partial charge in [0.15, 0.2) is 0 Å². The highest BCUT2D eigenvalue weighted by molar-refractivity contribution is 5.64. The van der Waals surface area contributed by atoms with Gasteiger partial charge in [0.2, 0.25) is 11.9 Å². The second-order valence-electron chi connectivity index (χ2n) is 2.14. The Balaban J connectivity index is 2.16. The number of ether oxygens (including phenoxy) is 1. The number of nitrogen functional groups attached to an aromatic ring is 1. The molecule has 0 spiro atoms. The largest absolute Gasteiger partial charge is 0.448 e. The number of primary amides is 1. The molecule has 0 saturated carbocycles. The van der Waals surface area contributed by atoms with Crippen LogP contribution in [0.15, 0.2) is 0 Å². The summed E-state index contributed by atoms with van der Waals surface area (Å²) in [6.07, 6.45) is -0.809. The van der Waals surface area contributed by atoms with Crippen molar-refractivity contribution in [3.63, 3.8) is 0 Å². The van der Waals surface area contributed by atoms with Crippen molar-refractivity contribution in [3.05, 3.63) is 0 Å².